The van der Waals surface area contributed by atoms with Crippen LogP contribution in [-0.2, 0) is 17.8 Å². The Bertz CT molecular complexity index is 1250. The molecule has 0 aromatic heterocycles. The van der Waals surface area contributed by atoms with Crippen LogP contribution in [0, 0.1) is 5.92 Å². The van der Waals surface area contributed by atoms with Gasteiger partial charge in [0, 0.05) is 29.2 Å². The Balaban J connectivity index is 1.50. The van der Waals surface area contributed by atoms with Crippen molar-refractivity contribution in [3.05, 3.63) is 86.9 Å². The number of phenols is 2. The third-order valence-corrected chi connectivity index (χ3v) is 6.48. The summed E-state index contributed by atoms with van der Waals surface area (Å²) in [5, 5.41) is 39.2. The lowest BCUT2D eigenvalue weighted by molar-refractivity contribution is -0.105. The summed E-state index contributed by atoms with van der Waals surface area (Å²) in [5.74, 6) is -0.326. The van der Waals surface area contributed by atoms with E-state index in [4.69, 9.17) is 23.2 Å². The van der Waals surface area contributed by atoms with Crippen molar-refractivity contribution in [1.82, 2.24) is 10.6 Å². The minimum atomic E-state index is -0.820. The summed E-state index contributed by atoms with van der Waals surface area (Å²) in [6, 6.07) is 14.9. The quantitative estimate of drug-likeness (QED) is 0.148. The highest BCUT2D eigenvalue weighted by atomic mass is 35.5. The van der Waals surface area contributed by atoms with E-state index in [2.05, 4.69) is 22.9 Å². The van der Waals surface area contributed by atoms with Crippen LogP contribution in [0.2, 0.25) is 10.0 Å². The van der Waals surface area contributed by atoms with Gasteiger partial charge in [0.15, 0.2) is 0 Å². The van der Waals surface area contributed by atoms with E-state index in [9.17, 15) is 24.9 Å². The molecule has 0 aliphatic carbocycles. The first-order valence-corrected chi connectivity index (χ1v) is 12.4. The number of nitrogens with one attached hydrogen (secondary N) is 3. The van der Waals surface area contributed by atoms with Crippen LogP contribution in [0.3, 0.4) is 0 Å². The molecule has 0 aliphatic heterocycles. The monoisotopic (exact) mass is 545 g/mol. The number of hydrogen-bond acceptors (Lipinski definition) is 6. The molecule has 0 saturated heterocycles. The van der Waals surface area contributed by atoms with Crippen LogP contribution in [0.25, 0.3) is 0 Å². The number of carbonyl (C=O) groups excluding carboxylic acids is 2. The summed E-state index contributed by atoms with van der Waals surface area (Å²) >= 11 is 12.1. The fourth-order valence-corrected chi connectivity index (χ4v) is 4.26. The fraction of sp³-hybridized carbons (Fsp3) is 0.259. The van der Waals surface area contributed by atoms with Crippen molar-refractivity contribution in [2.75, 3.05) is 18.4 Å². The van der Waals surface area contributed by atoms with Crippen molar-refractivity contribution in [2.45, 2.75) is 26.0 Å². The molecule has 2 atom stereocenters. The maximum Gasteiger partial charge on any atom is 0.251 e. The number of phenolic OH excluding ortho intramolecular Hbond substituents is 2. The lowest BCUT2D eigenvalue weighted by Gasteiger charge is -2.17. The molecule has 0 aliphatic rings. The molecule has 8 nitrogen and oxygen atoms in total. The summed E-state index contributed by atoms with van der Waals surface area (Å²) < 4.78 is 0. The number of carbonyl (C=O) groups is 2. The normalized spacial score (nSPS) is 12.5. The molecule has 0 heterocycles. The average Bonchev–Trinajstić information content (AvgIpc) is 2.87. The van der Waals surface area contributed by atoms with E-state index in [1.54, 1.807) is 18.2 Å². The molecular weight excluding hydrogens is 517 g/mol. The summed E-state index contributed by atoms with van der Waals surface area (Å²) in [6.07, 6.45) is 0.348. The fourth-order valence-electron chi connectivity index (χ4n) is 3.86. The molecular formula is C27H29Cl2N3O5. The topological polar surface area (TPSA) is 131 Å². The van der Waals surface area contributed by atoms with Gasteiger partial charge in [-0.25, -0.2) is 0 Å². The number of rotatable bonds is 12. The summed E-state index contributed by atoms with van der Waals surface area (Å²) in [5.41, 5.74) is 2.61. The van der Waals surface area contributed by atoms with Crippen LogP contribution in [0.4, 0.5) is 5.69 Å². The molecule has 0 saturated carbocycles. The molecule has 3 rings (SSSR count). The van der Waals surface area contributed by atoms with Gasteiger partial charge >= 0.3 is 0 Å². The van der Waals surface area contributed by atoms with Crippen molar-refractivity contribution >= 4 is 41.2 Å². The highest BCUT2D eigenvalue weighted by Gasteiger charge is 2.14. The van der Waals surface area contributed by atoms with Gasteiger partial charge in [-0.2, -0.15) is 0 Å². The molecule has 0 fully saturated rings. The van der Waals surface area contributed by atoms with E-state index in [0.717, 1.165) is 5.56 Å². The summed E-state index contributed by atoms with van der Waals surface area (Å²) in [4.78, 5) is 23.3. The number of hydrogen-bond donors (Lipinski definition) is 6. The summed E-state index contributed by atoms with van der Waals surface area (Å²) in [6.45, 7) is 3.00. The molecule has 10 heteroatoms. The average molecular weight is 546 g/mol. The number of aromatic hydroxyl groups is 2. The van der Waals surface area contributed by atoms with Crippen LogP contribution in [0.5, 0.6) is 11.5 Å². The molecule has 0 radical (unpaired) electrons. The number of aliphatic hydroxyl groups excluding tert-OH is 1. The zero-order valence-corrected chi connectivity index (χ0v) is 21.7. The van der Waals surface area contributed by atoms with Crippen LogP contribution < -0.4 is 16.0 Å². The third-order valence-electron chi connectivity index (χ3n) is 5.83. The number of halogens is 2. The number of benzene rings is 3. The van der Waals surface area contributed by atoms with Crippen molar-refractivity contribution in [2.24, 2.45) is 5.92 Å². The molecule has 6 N–H and O–H groups in total. The molecule has 3 aromatic carbocycles. The van der Waals surface area contributed by atoms with Gasteiger partial charge in [0.25, 0.3) is 5.91 Å². The molecule has 0 bridgehead atoms. The molecule has 0 spiro atoms. The molecule has 37 heavy (non-hydrogen) atoms. The Morgan fingerprint density at radius 1 is 1.03 bits per heavy atom. The van der Waals surface area contributed by atoms with Gasteiger partial charge in [-0.1, -0.05) is 48.3 Å². The van der Waals surface area contributed by atoms with Crippen LogP contribution >= 0.6 is 23.2 Å². The van der Waals surface area contributed by atoms with Gasteiger partial charge in [0.05, 0.1) is 16.8 Å². The number of aliphatic hydroxyl groups is 1. The van der Waals surface area contributed by atoms with Crippen LogP contribution in [0.1, 0.15) is 40.1 Å². The highest BCUT2D eigenvalue weighted by Crippen LogP contribution is 2.32. The van der Waals surface area contributed by atoms with Crippen LogP contribution in [0.15, 0.2) is 54.6 Å². The van der Waals surface area contributed by atoms with Gasteiger partial charge in [-0.3, -0.25) is 9.59 Å². The number of amides is 2. The predicted molar refractivity (Wildman–Crippen MR) is 144 cm³/mol. The third kappa shape index (κ3) is 7.84. The smallest absolute Gasteiger partial charge is 0.251 e. The van der Waals surface area contributed by atoms with Crippen molar-refractivity contribution in [3.8, 4) is 11.5 Å². The minimum Gasteiger partial charge on any atom is -0.506 e. The standard InChI is InChI=1S/C27H29Cl2N3O5/c1-16(12-30-14-25(35)18-5-8-24(34)23(11-18)32-15-33)9-17-3-2-4-19(10-17)27(37)31-13-20-21(28)6-7-22(29)26(20)36/h2-8,10-11,15-16,25,30,34-36H,9,12-14H2,1H3,(H,31,37)(H,32,33)/t16?,25-/m1/s1. The maximum atomic E-state index is 12.7. The largest absolute Gasteiger partial charge is 0.506 e. The van der Waals surface area contributed by atoms with Gasteiger partial charge in [0.1, 0.15) is 11.5 Å². The van der Waals surface area contributed by atoms with E-state index in [1.807, 2.05) is 18.2 Å². The van der Waals surface area contributed by atoms with E-state index in [1.165, 1.54) is 18.2 Å². The molecule has 1 unspecified atom stereocenters. The van der Waals surface area contributed by atoms with Gasteiger partial charge < -0.3 is 31.3 Å². The SMILES string of the molecule is CC(CNC[C@@H](O)c1ccc(O)c(NC=O)c1)Cc1cccc(C(=O)NCc2c(Cl)ccc(Cl)c2O)c1. The molecule has 2 amide bonds. The van der Waals surface area contributed by atoms with E-state index in [0.29, 0.717) is 41.1 Å². The van der Waals surface area contributed by atoms with E-state index < -0.39 is 6.10 Å². The minimum absolute atomic E-state index is 0.0324. The first kappa shape index (κ1) is 28.3. The molecule has 3 aromatic rings. The Kier molecular flexibility index (Phi) is 10.2. The van der Waals surface area contributed by atoms with Crippen LogP contribution in [-0.4, -0.2) is 40.7 Å². The van der Waals surface area contributed by atoms with Gasteiger partial charge in [-0.15, -0.1) is 0 Å². The zero-order chi connectivity index (χ0) is 26.9. The lowest BCUT2D eigenvalue weighted by Crippen LogP contribution is -2.27. The second-order valence-corrected chi connectivity index (χ2v) is 9.58. The Labute approximate surface area is 225 Å². The summed E-state index contributed by atoms with van der Waals surface area (Å²) in [7, 11) is 0. The van der Waals surface area contributed by atoms with Gasteiger partial charge in [-0.05, 0) is 66.4 Å². The second-order valence-electron chi connectivity index (χ2n) is 8.76. The Morgan fingerprint density at radius 2 is 1.78 bits per heavy atom. The number of anilines is 1. The van der Waals surface area contributed by atoms with Crippen molar-refractivity contribution < 1.29 is 24.9 Å². The lowest BCUT2D eigenvalue weighted by atomic mass is 9.99. The van der Waals surface area contributed by atoms with Crippen molar-refractivity contribution in [3.63, 3.8) is 0 Å². The Morgan fingerprint density at radius 3 is 2.54 bits per heavy atom. The highest BCUT2D eigenvalue weighted by molar-refractivity contribution is 6.34. The second kappa shape index (κ2) is 13.3. The first-order valence-electron chi connectivity index (χ1n) is 11.6. The van der Waals surface area contributed by atoms with Crippen molar-refractivity contribution in [1.29, 1.82) is 0 Å². The van der Waals surface area contributed by atoms with E-state index in [-0.39, 0.29) is 47.1 Å². The van der Waals surface area contributed by atoms with Gasteiger partial charge in [0.2, 0.25) is 6.41 Å². The predicted octanol–water partition coefficient (Wildman–Crippen LogP) is 4.40. The first-order chi connectivity index (χ1) is 17.7. The maximum absolute atomic E-state index is 12.7. The zero-order valence-electron chi connectivity index (χ0n) is 20.2. The Hall–Kier alpha value is -3.30. The molecule has 196 valence electrons. The van der Waals surface area contributed by atoms with E-state index >= 15 is 0 Å².